The molecule has 0 heterocycles. The minimum absolute atomic E-state index is 0.181. The van der Waals surface area contributed by atoms with Gasteiger partial charge < -0.3 is 5.32 Å². The van der Waals surface area contributed by atoms with Crippen molar-refractivity contribution in [1.82, 2.24) is 0 Å². The number of aryl methyl sites for hydroxylation is 2. The van der Waals surface area contributed by atoms with Crippen molar-refractivity contribution in [3.63, 3.8) is 0 Å². The Balaban J connectivity index is 2.28. The van der Waals surface area contributed by atoms with Gasteiger partial charge >= 0.3 is 0 Å². The third-order valence-electron chi connectivity index (χ3n) is 3.00. The molecular formula is C16H17NO3S. The molecule has 0 atom stereocenters. The highest BCUT2D eigenvalue weighted by Gasteiger charge is 2.10. The molecule has 2 aromatic rings. The normalized spacial score (nSPS) is 11.2. The van der Waals surface area contributed by atoms with Crippen molar-refractivity contribution in [1.29, 1.82) is 0 Å². The van der Waals surface area contributed by atoms with Crippen LogP contribution in [0.25, 0.3) is 0 Å². The zero-order chi connectivity index (χ0) is 15.6. The zero-order valence-electron chi connectivity index (χ0n) is 12.2. The van der Waals surface area contributed by atoms with Gasteiger partial charge in [-0.2, -0.15) is 0 Å². The molecule has 0 unspecified atom stereocenters. The van der Waals surface area contributed by atoms with Crippen LogP contribution in [0.15, 0.2) is 47.4 Å². The molecular weight excluding hydrogens is 286 g/mol. The van der Waals surface area contributed by atoms with E-state index in [-0.39, 0.29) is 10.8 Å². The summed E-state index contributed by atoms with van der Waals surface area (Å²) in [4.78, 5) is 12.4. The zero-order valence-corrected chi connectivity index (χ0v) is 13.0. The molecule has 0 spiro atoms. The predicted octanol–water partition coefficient (Wildman–Crippen LogP) is 2.96. The largest absolute Gasteiger partial charge is 0.322 e. The van der Waals surface area contributed by atoms with E-state index in [9.17, 15) is 13.2 Å². The van der Waals surface area contributed by atoms with Crippen LogP contribution in [-0.2, 0) is 9.84 Å². The van der Waals surface area contributed by atoms with E-state index in [0.717, 1.165) is 17.4 Å². The van der Waals surface area contributed by atoms with Crippen molar-refractivity contribution >= 4 is 21.4 Å². The van der Waals surface area contributed by atoms with E-state index in [0.29, 0.717) is 11.3 Å². The molecule has 0 saturated carbocycles. The highest BCUT2D eigenvalue weighted by atomic mass is 32.2. The molecule has 0 saturated heterocycles. The number of amides is 1. The third kappa shape index (κ3) is 3.92. The Kier molecular flexibility index (Phi) is 4.14. The van der Waals surface area contributed by atoms with Gasteiger partial charge in [-0.05, 0) is 44.2 Å². The van der Waals surface area contributed by atoms with Crippen LogP contribution in [0, 0.1) is 13.8 Å². The number of hydrogen-bond acceptors (Lipinski definition) is 3. The number of rotatable bonds is 3. The van der Waals surface area contributed by atoms with Crippen molar-refractivity contribution in [3.8, 4) is 0 Å². The van der Waals surface area contributed by atoms with Crippen LogP contribution >= 0.6 is 0 Å². The fourth-order valence-corrected chi connectivity index (χ4v) is 2.78. The Morgan fingerprint density at radius 3 is 2.19 bits per heavy atom. The van der Waals surface area contributed by atoms with Gasteiger partial charge in [-0.15, -0.1) is 0 Å². The molecule has 0 bridgehead atoms. The van der Waals surface area contributed by atoms with Crippen LogP contribution < -0.4 is 5.32 Å². The molecule has 1 amide bonds. The van der Waals surface area contributed by atoms with Gasteiger partial charge in [-0.25, -0.2) is 8.42 Å². The quantitative estimate of drug-likeness (QED) is 0.948. The minimum Gasteiger partial charge on any atom is -0.322 e. The van der Waals surface area contributed by atoms with E-state index < -0.39 is 9.84 Å². The van der Waals surface area contributed by atoms with Gasteiger partial charge in [0, 0.05) is 17.5 Å². The van der Waals surface area contributed by atoms with E-state index >= 15 is 0 Å². The minimum atomic E-state index is -3.29. The second kappa shape index (κ2) is 5.69. The Morgan fingerprint density at radius 2 is 1.62 bits per heavy atom. The van der Waals surface area contributed by atoms with Crippen LogP contribution in [0.1, 0.15) is 21.5 Å². The number of benzene rings is 2. The number of carbonyl (C=O) groups excluding carboxylic acids is 1. The summed E-state index contributed by atoms with van der Waals surface area (Å²) in [6, 6.07) is 11.8. The number of anilines is 1. The smallest absolute Gasteiger partial charge is 0.255 e. The number of nitrogens with one attached hydrogen (secondary N) is 1. The second-order valence-electron chi connectivity index (χ2n) is 5.13. The van der Waals surface area contributed by atoms with Crippen LogP contribution in [0.4, 0.5) is 5.69 Å². The maximum atomic E-state index is 12.2. The first kappa shape index (κ1) is 15.3. The lowest BCUT2D eigenvalue weighted by Gasteiger charge is -2.08. The molecule has 0 fully saturated rings. The molecule has 2 aromatic carbocycles. The monoisotopic (exact) mass is 303 g/mol. The summed E-state index contributed by atoms with van der Waals surface area (Å²) in [5.74, 6) is -0.257. The predicted molar refractivity (Wildman–Crippen MR) is 83.4 cm³/mol. The van der Waals surface area contributed by atoms with Gasteiger partial charge in [-0.3, -0.25) is 4.79 Å². The van der Waals surface area contributed by atoms with Gasteiger partial charge in [0.25, 0.3) is 5.91 Å². The summed E-state index contributed by atoms with van der Waals surface area (Å²) in [7, 11) is -3.29. The first-order valence-corrected chi connectivity index (χ1v) is 8.34. The number of sulfone groups is 1. The molecule has 0 aliphatic rings. The van der Waals surface area contributed by atoms with E-state index in [1.807, 2.05) is 19.9 Å². The average molecular weight is 303 g/mol. The molecule has 0 aromatic heterocycles. The van der Waals surface area contributed by atoms with Crippen molar-refractivity contribution < 1.29 is 13.2 Å². The lowest BCUT2D eigenvalue weighted by atomic mass is 10.1. The van der Waals surface area contributed by atoms with Crippen LogP contribution in [0.5, 0.6) is 0 Å². The maximum Gasteiger partial charge on any atom is 0.255 e. The van der Waals surface area contributed by atoms with Crippen molar-refractivity contribution in [2.45, 2.75) is 18.7 Å². The molecule has 1 N–H and O–H groups in total. The maximum absolute atomic E-state index is 12.2. The Labute approximate surface area is 124 Å². The molecule has 2 rings (SSSR count). The third-order valence-corrected chi connectivity index (χ3v) is 4.11. The summed E-state index contributed by atoms with van der Waals surface area (Å²) in [5.41, 5.74) is 3.02. The van der Waals surface area contributed by atoms with Crippen LogP contribution in [0.2, 0.25) is 0 Å². The molecule has 0 radical (unpaired) electrons. The standard InChI is InChI=1S/C16H17NO3S/c1-11-7-12(2)9-13(8-11)16(18)17-14-5-4-6-15(10-14)21(3,19)20/h4-10H,1-3H3,(H,17,18). The van der Waals surface area contributed by atoms with Crippen molar-refractivity contribution in [3.05, 3.63) is 59.2 Å². The summed E-state index contributed by atoms with van der Waals surface area (Å²) in [6.45, 7) is 3.85. The second-order valence-corrected chi connectivity index (χ2v) is 7.15. The van der Waals surface area contributed by atoms with E-state index in [1.165, 1.54) is 12.1 Å². The van der Waals surface area contributed by atoms with Crippen LogP contribution in [0.3, 0.4) is 0 Å². The number of hydrogen-bond donors (Lipinski definition) is 1. The summed E-state index contributed by atoms with van der Waals surface area (Å²) >= 11 is 0. The summed E-state index contributed by atoms with van der Waals surface area (Å²) < 4.78 is 23.0. The van der Waals surface area contributed by atoms with E-state index in [2.05, 4.69) is 5.32 Å². The van der Waals surface area contributed by atoms with Gasteiger partial charge in [0.15, 0.2) is 9.84 Å². The van der Waals surface area contributed by atoms with Gasteiger partial charge in [0.1, 0.15) is 0 Å². The number of carbonyl (C=O) groups is 1. The van der Waals surface area contributed by atoms with Crippen molar-refractivity contribution in [2.24, 2.45) is 0 Å². The first-order chi connectivity index (χ1) is 9.75. The fraction of sp³-hybridized carbons (Fsp3) is 0.188. The molecule has 0 aliphatic carbocycles. The highest BCUT2D eigenvalue weighted by molar-refractivity contribution is 7.90. The average Bonchev–Trinajstić information content (AvgIpc) is 2.37. The SMILES string of the molecule is Cc1cc(C)cc(C(=O)Nc2cccc(S(C)(=O)=O)c2)c1. The molecule has 4 nitrogen and oxygen atoms in total. The Bertz CT molecular complexity index is 775. The molecule has 5 heteroatoms. The highest BCUT2D eigenvalue weighted by Crippen LogP contribution is 2.17. The van der Waals surface area contributed by atoms with Crippen LogP contribution in [-0.4, -0.2) is 20.6 Å². The Morgan fingerprint density at radius 1 is 1.00 bits per heavy atom. The topological polar surface area (TPSA) is 63.2 Å². The molecule has 110 valence electrons. The summed E-state index contributed by atoms with van der Waals surface area (Å²) in [6.07, 6.45) is 1.14. The lowest BCUT2D eigenvalue weighted by Crippen LogP contribution is -2.12. The molecule has 0 aliphatic heterocycles. The van der Waals surface area contributed by atoms with Gasteiger partial charge in [-0.1, -0.05) is 23.3 Å². The summed E-state index contributed by atoms with van der Waals surface area (Å²) in [5, 5.41) is 2.72. The lowest BCUT2D eigenvalue weighted by molar-refractivity contribution is 0.102. The van der Waals surface area contributed by atoms with Gasteiger partial charge in [0.2, 0.25) is 0 Å². The van der Waals surface area contributed by atoms with Crippen molar-refractivity contribution in [2.75, 3.05) is 11.6 Å². The van der Waals surface area contributed by atoms with E-state index in [4.69, 9.17) is 0 Å². The first-order valence-electron chi connectivity index (χ1n) is 6.45. The van der Waals surface area contributed by atoms with Gasteiger partial charge in [0.05, 0.1) is 4.90 Å². The molecule has 21 heavy (non-hydrogen) atoms. The fourth-order valence-electron chi connectivity index (χ4n) is 2.11. The Hall–Kier alpha value is -2.14. The van der Waals surface area contributed by atoms with E-state index in [1.54, 1.807) is 24.3 Å².